The Morgan fingerprint density at radius 2 is 1.52 bits per heavy atom. The second-order valence-electron chi connectivity index (χ2n) is 7.90. The van der Waals surface area contributed by atoms with E-state index in [1.54, 1.807) is 0 Å². The number of para-hydroxylation sites is 1. The quantitative estimate of drug-likeness (QED) is 0.771. The average Bonchev–Trinajstić information content (AvgIpc) is 2.77. The summed E-state index contributed by atoms with van der Waals surface area (Å²) in [6.07, 6.45) is 0. The molecule has 0 aliphatic carbocycles. The van der Waals surface area contributed by atoms with E-state index in [1.807, 2.05) is 23.1 Å². The number of benzene rings is 2. The fourth-order valence-corrected chi connectivity index (χ4v) is 4.38. The van der Waals surface area contributed by atoms with Crippen molar-refractivity contribution in [3.05, 3.63) is 59.1 Å². The zero-order valence-electron chi connectivity index (χ0n) is 17.1. The molecule has 2 fully saturated rings. The largest absolute Gasteiger partial charge is 0.369 e. The molecule has 6 heteroatoms. The van der Waals surface area contributed by atoms with Gasteiger partial charge in [0.1, 0.15) is 0 Å². The zero-order valence-corrected chi connectivity index (χ0v) is 17.8. The van der Waals surface area contributed by atoms with E-state index >= 15 is 0 Å². The lowest BCUT2D eigenvalue weighted by Crippen LogP contribution is -2.54. The SMILES string of the molecule is Cc1ccc(Cl)cc1N1CCN(CC(=O)N2CCN(c3ccccc3)CC2)CC1. The topological polar surface area (TPSA) is 30.0 Å². The summed E-state index contributed by atoms with van der Waals surface area (Å²) in [6.45, 7) is 9.71. The lowest BCUT2D eigenvalue weighted by Gasteiger charge is -2.39. The number of carbonyl (C=O) groups is 1. The van der Waals surface area contributed by atoms with Crippen LogP contribution in [0.3, 0.4) is 0 Å². The minimum atomic E-state index is 0.255. The van der Waals surface area contributed by atoms with Crippen LogP contribution in [-0.4, -0.2) is 74.6 Å². The third kappa shape index (κ3) is 4.85. The Bertz CT molecular complexity index is 828. The van der Waals surface area contributed by atoms with E-state index in [0.717, 1.165) is 57.4 Å². The molecule has 2 aliphatic rings. The maximum atomic E-state index is 12.8. The van der Waals surface area contributed by atoms with Gasteiger partial charge < -0.3 is 14.7 Å². The maximum absolute atomic E-state index is 12.8. The molecule has 0 spiro atoms. The van der Waals surface area contributed by atoms with Crippen LogP contribution < -0.4 is 9.80 Å². The minimum absolute atomic E-state index is 0.255. The molecule has 0 radical (unpaired) electrons. The van der Waals surface area contributed by atoms with Crippen LogP contribution in [0.25, 0.3) is 0 Å². The van der Waals surface area contributed by atoms with Gasteiger partial charge in [0.2, 0.25) is 5.91 Å². The lowest BCUT2D eigenvalue weighted by atomic mass is 10.1. The zero-order chi connectivity index (χ0) is 20.2. The highest BCUT2D eigenvalue weighted by atomic mass is 35.5. The van der Waals surface area contributed by atoms with Crippen LogP contribution in [0, 0.1) is 6.92 Å². The van der Waals surface area contributed by atoms with Gasteiger partial charge in [-0.2, -0.15) is 0 Å². The van der Waals surface area contributed by atoms with Gasteiger partial charge in [0, 0.05) is 68.8 Å². The summed E-state index contributed by atoms with van der Waals surface area (Å²) < 4.78 is 0. The van der Waals surface area contributed by atoms with Crippen molar-refractivity contribution in [1.29, 1.82) is 0 Å². The molecule has 0 saturated carbocycles. The van der Waals surface area contributed by atoms with Crippen LogP contribution in [0.15, 0.2) is 48.5 Å². The molecule has 4 rings (SSSR count). The van der Waals surface area contributed by atoms with Crippen molar-refractivity contribution in [1.82, 2.24) is 9.80 Å². The van der Waals surface area contributed by atoms with Crippen molar-refractivity contribution in [2.75, 3.05) is 68.7 Å². The van der Waals surface area contributed by atoms with Gasteiger partial charge in [0.05, 0.1) is 6.54 Å². The number of carbonyl (C=O) groups excluding carboxylic acids is 1. The fraction of sp³-hybridized carbons (Fsp3) is 0.435. The molecule has 0 N–H and O–H groups in total. The summed E-state index contributed by atoms with van der Waals surface area (Å²) in [5, 5.41) is 0.776. The Morgan fingerprint density at radius 1 is 0.862 bits per heavy atom. The summed E-state index contributed by atoms with van der Waals surface area (Å²) in [6, 6.07) is 16.5. The third-order valence-corrected chi connectivity index (χ3v) is 6.23. The van der Waals surface area contributed by atoms with Crippen LogP contribution >= 0.6 is 11.6 Å². The summed E-state index contributed by atoms with van der Waals surface area (Å²) in [5.41, 5.74) is 3.70. The first-order valence-electron chi connectivity index (χ1n) is 10.4. The molecule has 0 atom stereocenters. The summed E-state index contributed by atoms with van der Waals surface area (Å²) in [7, 11) is 0. The third-order valence-electron chi connectivity index (χ3n) is 6.00. The Kier molecular flexibility index (Phi) is 6.26. The molecular formula is C23H29ClN4O. The molecule has 2 heterocycles. The molecule has 0 aromatic heterocycles. The first kappa shape index (κ1) is 20.0. The van der Waals surface area contributed by atoms with Gasteiger partial charge in [-0.1, -0.05) is 35.9 Å². The number of piperazine rings is 2. The number of nitrogens with zero attached hydrogens (tertiary/aromatic N) is 4. The Balaban J connectivity index is 1.25. The number of aryl methyl sites for hydroxylation is 1. The smallest absolute Gasteiger partial charge is 0.236 e. The van der Waals surface area contributed by atoms with Crippen molar-refractivity contribution < 1.29 is 4.79 Å². The monoisotopic (exact) mass is 412 g/mol. The van der Waals surface area contributed by atoms with E-state index in [9.17, 15) is 4.79 Å². The number of halogens is 1. The molecule has 0 bridgehead atoms. The van der Waals surface area contributed by atoms with Gasteiger partial charge in [0.15, 0.2) is 0 Å². The van der Waals surface area contributed by atoms with Crippen LogP contribution in [0.2, 0.25) is 5.02 Å². The summed E-state index contributed by atoms with van der Waals surface area (Å²) in [4.78, 5) is 21.8. The Hall–Kier alpha value is -2.24. The molecule has 29 heavy (non-hydrogen) atoms. The van der Waals surface area contributed by atoms with Crippen molar-refractivity contribution in [2.45, 2.75) is 6.92 Å². The number of amides is 1. The van der Waals surface area contributed by atoms with Crippen LogP contribution in [0.5, 0.6) is 0 Å². The molecule has 0 unspecified atom stereocenters. The standard InChI is InChI=1S/C23H29ClN4O/c1-19-7-8-20(24)17-22(19)27-11-9-25(10-12-27)18-23(29)28-15-13-26(14-16-28)21-5-3-2-4-6-21/h2-8,17H,9-16,18H2,1H3. The highest BCUT2D eigenvalue weighted by molar-refractivity contribution is 6.30. The predicted molar refractivity (Wildman–Crippen MR) is 120 cm³/mol. The van der Waals surface area contributed by atoms with Gasteiger partial charge in [-0.05, 0) is 36.8 Å². The minimum Gasteiger partial charge on any atom is -0.369 e. The maximum Gasteiger partial charge on any atom is 0.236 e. The van der Waals surface area contributed by atoms with E-state index in [4.69, 9.17) is 11.6 Å². The van der Waals surface area contributed by atoms with Gasteiger partial charge in [0.25, 0.3) is 0 Å². The second-order valence-corrected chi connectivity index (χ2v) is 8.33. The summed E-state index contributed by atoms with van der Waals surface area (Å²) >= 11 is 6.18. The fourth-order valence-electron chi connectivity index (χ4n) is 4.21. The normalized spacial score (nSPS) is 18.2. The molecule has 2 aliphatic heterocycles. The second kappa shape index (κ2) is 9.06. The number of anilines is 2. The van der Waals surface area contributed by atoms with Crippen molar-refractivity contribution in [3.63, 3.8) is 0 Å². The van der Waals surface area contributed by atoms with Gasteiger partial charge in [-0.15, -0.1) is 0 Å². The van der Waals surface area contributed by atoms with Crippen LogP contribution in [-0.2, 0) is 4.79 Å². The van der Waals surface area contributed by atoms with Gasteiger partial charge in [-0.3, -0.25) is 9.69 Å². The van der Waals surface area contributed by atoms with Crippen molar-refractivity contribution >= 4 is 28.9 Å². The van der Waals surface area contributed by atoms with E-state index in [1.165, 1.54) is 16.9 Å². The number of hydrogen-bond acceptors (Lipinski definition) is 4. The van der Waals surface area contributed by atoms with Crippen LogP contribution in [0.4, 0.5) is 11.4 Å². The molecule has 2 aromatic rings. The Morgan fingerprint density at radius 3 is 2.21 bits per heavy atom. The van der Waals surface area contributed by atoms with Gasteiger partial charge in [-0.25, -0.2) is 0 Å². The molecular weight excluding hydrogens is 384 g/mol. The molecule has 154 valence electrons. The molecule has 1 amide bonds. The first-order valence-corrected chi connectivity index (χ1v) is 10.8. The predicted octanol–water partition coefficient (Wildman–Crippen LogP) is 3.12. The van der Waals surface area contributed by atoms with E-state index in [2.05, 4.69) is 52.0 Å². The summed E-state index contributed by atoms with van der Waals surface area (Å²) in [5.74, 6) is 0.255. The number of hydrogen-bond donors (Lipinski definition) is 0. The van der Waals surface area contributed by atoms with E-state index < -0.39 is 0 Å². The molecule has 5 nitrogen and oxygen atoms in total. The molecule has 2 saturated heterocycles. The first-order chi connectivity index (χ1) is 14.1. The Labute approximate surface area is 178 Å². The van der Waals surface area contributed by atoms with Crippen LogP contribution in [0.1, 0.15) is 5.56 Å². The van der Waals surface area contributed by atoms with Crippen molar-refractivity contribution in [2.24, 2.45) is 0 Å². The molecule has 2 aromatic carbocycles. The highest BCUT2D eigenvalue weighted by Gasteiger charge is 2.25. The van der Waals surface area contributed by atoms with E-state index in [0.29, 0.717) is 6.54 Å². The average molecular weight is 413 g/mol. The number of rotatable bonds is 4. The van der Waals surface area contributed by atoms with Crippen molar-refractivity contribution in [3.8, 4) is 0 Å². The lowest BCUT2D eigenvalue weighted by molar-refractivity contribution is -0.132. The van der Waals surface area contributed by atoms with E-state index in [-0.39, 0.29) is 5.91 Å². The van der Waals surface area contributed by atoms with Gasteiger partial charge >= 0.3 is 0 Å². The highest BCUT2D eigenvalue weighted by Crippen LogP contribution is 2.25.